The van der Waals surface area contributed by atoms with E-state index in [4.69, 9.17) is 4.74 Å². The summed E-state index contributed by atoms with van der Waals surface area (Å²) in [5.41, 5.74) is 5.92. The SMILES string of the molecule is CCC(=O)Nc1cccc(C2CC2)c1COc1ccc(CC)cc1CC. The molecule has 26 heavy (non-hydrogen) atoms. The van der Waals surface area contributed by atoms with Gasteiger partial charge >= 0.3 is 0 Å². The topological polar surface area (TPSA) is 38.3 Å². The van der Waals surface area contributed by atoms with E-state index in [0.29, 0.717) is 18.9 Å². The van der Waals surface area contributed by atoms with Crippen LogP contribution in [0.25, 0.3) is 0 Å². The lowest BCUT2D eigenvalue weighted by molar-refractivity contribution is -0.115. The van der Waals surface area contributed by atoms with Gasteiger partial charge in [-0.3, -0.25) is 4.79 Å². The Morgan fingerprint density at radius 3 is 2.58 bits per heavy atom. The quantitative estimate of drug-likeness (QED) is 0.670. The maximum Gasteiger partial charge on any atom is 0.224 e. The van der Waals surface area contributed by atoms with Crippen molar-refractivity contribution in [3.8, 4) is 5.75 Å². The summed E-state index contributed by atoms with van der Waals surface area (Å²) in [7, 11) is 0. The first-order valence-electron chi connectivity index (χ1n) is 9.82. The van der Waals surface area contributed by atoms with Crippen LogP contribution < -0.4 is 10.1 Å². The Morgan fingerprint density at radius 2 is 1.92 bits per heavy atom. The predicted octanol–water partition coefficient (Wildman–Crippen LogP) is 5.62. The van der Waals surface area contributed by atoms with Crippen molar-refractivity contribution in [3.63, 3.8) is 0 Å². The van der Waals surface area contributed by atoms with Crippen molar-refractivity contribution in [2.45, 2.75) is 65.4 Å². The normalized spacial score (nSPS) is 13.5. The minimum atomic E-state index is 0.0424. The number of rotatable bonds is 8. The van der Waals surface area contributed by atoms with Crippen LogP contribution in [0, 0.1) is 0 Å². The predicted molar refractivity (Wildman–Crippen MR) is 107 cm³/mol. The number of hydrogen-bond donors (Lipinski definition) is 1. The Morgan fingerprint density at radius 1 is 1.12 bits per heavy atom. The average molecular weight is 351 g/mol. The van der Waals surface area contributed by atoms with Crippen molar-refractivity contribution in [3.05, 3.63) is 58.7 Å². The standard InChI is InChI=1S/C23H29NO2/c1-4-16-10-13-22(17(5-2)14-16)26-15-20-19(18-11-12-18)8-7-9-21(20)24-23(25)6-3/h7-10,13-14,18H,4-6,11-12,15H2,1-3H3,(H,24,25). The Kier molecular flexibility index (Phi) is 5.97. The fourth-order valence-corrected chi connectivity index (χ4v) is 3.32. The van der Waals surface area contributed by atoms with Crippen LogP contribution in [-0.4, -0.2) is 5.91 Å². The highest BCUT2D eigenvalue weighted by Gasteiger charge is 2.27. The third kappa shape index (κ3) is 4.27. The van der Waals surface area contributed by atoms with E-state index in [1.807, 2.05) is 19.1 Å². The van der Waals surface area contributed by atoms with Crippen molar-refractivity contribution < 1.29 is 9.53 Å². The molecule has 1 fully saturated rings. The van der Waals surface area contributed by atoms with Crippen molar-refractivity contribution in [2.24, 2.45) is 0 Å². The molecular formula is C23H29NO2. The first kappa shape index (κ1) is 18.5. The summed E-state index contributed by atoms with van der Waals surface area (Å²) in [6.07, 6.45) is 4.91. The van der Waals surface area contributed by atoms with Crippen LogP contribution in [0.5, 0.6) is 5.75 Å². The summed E-state index contributed by atoms with van der Waals surface area (Å²) >= 11 is 0. The van der Waals surface area contributed by atoms with E-state index in [9.17, 15) is 4.79 Å². The molecule has 2 aromatic rings. The van der Waals surface area contributed by atoms with Gasteiger partial charge in [-0.05, 0) is 60.4 Å². The highest BCUT2D eigenvalue weighted by Crippen LogP contribution is 2.43. The average Bonchev–Trinajstić information content (AvgIpc) is 3.51. The van der Waals surface area contributed by atoms with Gasteiger partial charge in [-0.1, -0.05) is 45.0 Å². The lowest BCUT2D eigenvalue weighted by atomic mass is 10.0. The number of hydrogen-bond acceptors (Lipinski definition) is 2. The second-order valence-corrected chi connectivity index (χ2v) is 6.99. The van der Waals surface area contributed by atoms with Gasteiger partial charge in [0, 0.05) is 17.7 Å². The molecular weight excluding hydrogens is 322 g/mol. The van der Waals surface area contributed by atoms with Crippen LogP contribution in [-0.2, 0) is 24.2 Å². The van der Waals surface area contributed by atoms with Gasteiger partial charge in [-0.15, -0.1) is 0 Å². The van der Waals surface area contributed by atoms with E-state index >= 15 is 0 Å². The summed E-state index contributed by atoms with van der Waals surface area (Å²) in [6, 6.07) is 12.7. The van der Waals surface area contributed by atoms with Gasteiger partial charge in [0.2, 0.25) is 5.91 Å². The fraction of sp³-hybridized carbons (Fsp3) is 0.435. The molecule has 3 heteroatoms. The second kappa shape index (κ2) is 8.39. The number of carbonyl (C=O) groups excluding carboxylic acids is 1. The molecule has 0 spiro atoms. The number of carbonyl (C=O) groups is 1. The Balaban J connectivity index is 1.85. The Labute approximate surface area is 156 Å². The zero-order chi connectivity index (χ0) is 18.5. The van der Waals surface area contributed by atoms with Crippen molar-refractivity contribution in [1.82, 2.24) is 0 Å². The smallest absolute Gasteiger partial charge is 0.224 e. The number of aryl methyl sites for hydroxylation is 2. The van der Waals surface area contributed by atoms with Crippen LogP contribution in [0.1, 0.15) is 68.2 Å². The molecule has 0 aliphatic heterocycles. The molecule has 1 aliphatic carbocycles. The molecule has 2 aromatic carbocycles. The van der Waals surface area contributed by atoms with Gasteiger partial charge in [-0.25, -0.2) is 0 Å². The maximum atomic E-state index is 11.9. The lowest BCUT2D eigenvalue weighted by Gasteiger charge is -2.18. The molecule has 1 saturated carbocycles. The molecule has 0 aromatic heterocycles. The number of benzene rings is 2. The summed E-state index contributed by atoms with van der Waals surface area (Å²) in [5.74, 6) is 1.60. The first-order chi connectivity index (χ1) is 12.7. The van der Waals surface area contributed by atoms with Gasteiger partial charge in [0.1, 0.15) is 12.4 Å². The minimum Gasteiger partial charge on any atom is -0.489 e. The number of nitrogens with one attached hydrogen (secondary N) is 1. The Hall–Kier alpha value is -2.29. The summed E-state index contributed by atoms with van der Waals surface area (Å²) in [5, 5.41) is 3.05. The van der Waals surface area contributed by atoms with Gasteiger partial charge < -0.3 is 10.1 Å². The van der Waals surface area contributed by atoms with Crippen LogP contribution >= 0.6 is 0 Å². The van der Waals surface area contributed by atoms with Crippen molar-refractivity contribution in [1.29, 1.82) is 0 Å². The van der Waals surface area contributed by atoms with E-state index < -0.39 is 0 Å². The molecule has 0 saturated heterocycles. The van der Waals surface area contributed by atoms with E-state index in [0.717, 1.165) is 29.8 Å². The second-order valence-electron chi connectivity index (χ2n) is 6.99. The number of ether oxygens (including phenoxy) is 1. The monoisotopic (exact) mass is 351 g/mol. The van der Waals surface area contributed by atoms with Gasteiger partial charge in [0.05, 0.1) is 0 Å². The molecule has 3 rings (SSSR count). The number of anilines is 1. The fourth-order valence-electron chi connectivity index (χ4n) is 3.32. The zero-order valence-corrected chi connectivity index (χ0v) is 16.1. The molecule has 0 atom stereocenters. The van der Waals surface area contributed by atoms with Crippen LogP contribution in [0.2, 0.25) is 0 Å². The molecule has 1 amide bonds. The molecule has 138 valence electrons. The van der Waals surface area contributed by atoms with E-state index in [-0.39, 0.29) is 5.91 Å². The van der Waals surface area contributed by atoms with E-state index in [2.05, 4.69) is 43.4 Å². The van der Waals surface area contributed by atoms with Crippen LogP contribution in [0.4, 0.5) is 5.69 Å². The first-order valence-corrected chi connectivity index (χ1v) is 9.82. The molecule has 0 unspecified atom stereocenters. The lowest BCUT2D eigenvalue weighted by Crippen LogP contribution is -2.13. The third-order valence-electron chi connectivity index (χ3n) is 5.11. The molecule has 0 heterocycles. The van der Waals surface area contributed by atoms with Crippen LogP contribution in [0.3, 0.4) is 0 Å². The van der Waals surface area contributed by atoms with Crippen LogP contribution in [0.15, 0.2) is 36.4 Å². The summed E-state index contributed by atoms with van der Waals surface area (Å²) in [6.45, 7) is 6.69. The molecule has 0 bridgehead atoms. The summed E-state index contributed by atoms with van der Waals surface area (Å²) in [4.78, 5) is 11.9. The van der Waals surface area contributed by atoms with E-state index in [1.165, 1.54) is 29.5 Å². The summed E-state index contributed by atoms with van der Waals surface area (Å²) < 4.78 is 6.24. The number of amides is 1. The Bertz CT molecular complexity index is 778. The van der Waals surface area contributed by atoms with E-state index in [1.54, 1.807) is 0 Å². The maximum absolute atomic E-state index is 11.9. The largest absolute Gasteiger partial charge is 0.489 e. The highest BCUT2D eigenvalue weighted by molar-refractivity contribution is 5.91. The van der Waals surface area contributed by atoms with Gasteiger partial charge in [-0.2, -0.15) is 0 Å². The van der Waals surface area contributed by atoms with Gasteiger partial charge in [0.15, 0.2) is 0 Å². The molecule has 3 nitrogen and oxygen atoms in total. The zero-order valence-electron chi connectivity index (χ0n) is 16.1. The highest BCUT2D eigenvalue weighted by atomic mass is 16.5. The minimum absolute atomic E-state index is 0.0424. The van der Waals surface area contributed by atoms with Crippen molar-refractivity contribution >= 4 is 11.6 Å². The third-order valence-corrected chi connectivity index (χ3v) is 5.11. The van der Waals surface area contributed by atoms with Gasteiger partial charge in [0.25, 0.3) is 0 Å². The molecule has 0 radical (unpaired) electrons. The van der Waals surface area contributed by atoms with Crippen molar-refractivity contribution in [2.75, 3.05) is 5.32 Å². The molecule has 1 N–H and O–H groups in total. The molecule has 1 aliphatic rings.